The number of rotatable bonds is 0. The SMILES string of the molecule is [O-][n+]1ccc(Br)c2c1CC=C2. The molecule has 1 heterocycles. The highest BCUT2D eigenvalue weighted by Crippen LogP contribution is 2.23. The molecule has 3 heteroatoms. The molecule has 0 radical (unpaired) electrons. The Balaban J connectivity index is 2.71. The minimum absolute atomic E-state index is 0.748. The molecule has 1 aromatic heterocycles. The van der Waals surface area contributed by atoms with Crippen molar-refractivity contribution in [1.29, 1.82) is 0 Å². The van der Waals surface area contributed by atoms with Crippen LogP contribution in [0.1, 0.15) is 11.3 Å². The lowest BCUT2D eigenvalue weighted by molar-refractivity contribution is -0.613. The van der Waals surface area contributed by atoms with E-state index in [9.17, 15) is 5.21 Å². The summed E-state index contributed by atoms with van der Waals surface area (Å²) < 4.78 is 1.91. The van der Waals surface area contributed by atoms with Gasteiger partial charge in [0.15, 0.2) is 6.20 Å². The molecule has 2 rings (SSSR count). The van der Waals surface area contributed by atoms with E-state index >= 15 is 0 Å². The summed E-state index contributed by atoms with van der Waals surface area (Å²) in [6.45, 7) is 0. The van der Waals surface area contributed by atoms with Gasteiger partial charge >= 0.3 is 0 Å². The highest BCUT2D eigenvalue weighted by atomic mass is 79.9. The fourth-order valence-corrected chi connectivity index (χ4v) is 1.71. The normalized spacial score (nSPS) is 13.5. The highest BCUT2D eigenvalue weighted by molar-refractivity contribution is 9.10. The maximum atomic E-state index is 11.1. The van der Waals surface area contributed by atoms with E-state index in [2.05, 4.69) is 15.9 Å². The summed E-state index contributed by atoms with van der Waals surface area (Å²) >= 11 is 3.38. The van der Waals surface area contributed by atoms with Gasteiger partial charge in [0.1, 0.15) is 0 Å². The Labute approximate surface area is 72.9 Å². The molecule has 2 nitrogen and oxygen atoms in total. The topological polar surface area (TPSA) is 26.9 Å². The van der Waals surface area contributed by atoms with Crippen LogP contribution in [-0.4, -0.2) is 0 Å². The molecule has 1 aromatic rings. The number of hydrogen-bond donors (Lipinski definition) is 0. The van der Waals surface area contributed by atoms with Gasteiger partial charge in [-0.25, -0.2) is 0 Å². The minimum atomic E-state index is 0.748. The van der Waals surface area contributed by atoms with Gasteiger partial charge in [0.2, 0.25) is 5.69 Å². The number of allylic oxidation sites excluding steroid dienone is 1. The second kappa shape index (κ2) is 2.34. The van der Waals surface area contributed by atoms with Crippen molar-refractivity contribution in [2.45, 2.75) is 6.42 Å². The third-order valence-corrected chi connectivity index (χ3v) is 2.48. The van der Waals surface area contributed by atoms with Gasteiger partial charge in [-0.1, -0.05) is 12.2 Å². The first-order valence-electron chi connectivity index (χ1n) is 3.36. The lowest BCUT2D eigenvalue weighted by Crippen LogP contribution is -2.31. The molecule has 1 aliphatic rings. The number of nitrogens with zero attached hydrogens (tertiary/aromatic N) is 1. The summed E-state index contributed by atoms with van der Waals surface area (Å²) in [7, 11) is 0. The lowest BCUT2D eigenvalue weighted by atomic mass is 10.2. The van der Waals surface area contributed by atoms with Gasteiger partial charge in [-0.2, -0.15) is 4.73 Å². The Hall–Kier alpha value is -0.830. The third-order valence-electron chi connectivity index (χ3n) is 1.79. The van der Waals surface area contributed by atoms with Crippen molar-refractivity contribution in [3.63, 3.8) is 0 Å². The van der Waals surface area contributed by atoms with E-state index < -0.39 is 0 Å². The van der Waals surface area contributed by atoms with Crippen LogP contribution in [0.25, 0.3) is 6.08 Å². The lowest BCUT2D eigenvalue weighted by Gasteiger charge is -2.02. The molecule has 0 N–H and O–H groups in total. The maximum absolute atomic E-state index is 11.1. The van der Waals surface area contributed by atoms with Crippen LogP contribution < -0.4 is 4.73 Å². The Morgan fingerprint density at radius 1 is 1.55 bits per heavy atom. The van der Waals surface area contributed by atoms with E-state index in [-0.39, 0.29) is 0 Å². The molecule has 0 bridgehead atoms. The fourth-order valence-electron chi connectivity index (χ4n) is 1.23. The van der Waals surface area contributed by atoms with E-state index in [0.717, 1.165) is 26.9 Å². The molecular formula is C8H6BrNO. The number of fused-ring (bicyclic) bond motifs is 1. The molecule has 0 amide bonds. The van der Waals surface area contributed by atoms with Crippen molar-refractivity contribution >= 4 is 22.0 Å². The standard InChI is InChI=1S/C8H6BrNO/c9-7-4-5-10(11)8-3-1-2-6(7)8/h1-2,4-5H,3H2. The van der Waals surface area contributed by atoms with Crippen LogP contribution >= 0.6 is 15.9 Å². The van der Waals surface area contributed by atoms with Gasteiger partial charge in [0.25, 0.3) is 0 Å². The molecule has 1 aliphatic carbocycles. The Kier molecular flexibility index (Phi) is 1.46. The van der Waals surface area contributed by atoms with Crippen LogP contribution in [-0.2, 0) is 6.42 Å². The molecule has 0 fully saturated rings. The predicted octanol–water partition coefficient (Wildman–Crippen LogP) is 1.65. The van der Waals surface area contributed by atoms with Crippen LogP contribution in [0.3, 0.4) is 0 Å². The number of halogens is 1. The quantitative estimate of drug-likeness (QED) is 0.474. The van der Waals surface area contributed by atoms with Crippen molar-refractivity contribution in [3.05, 3.63) is 39.3 Å². The van der Waals surface area contributed by atoms with Gasteiger partial charge in [-0.3, -0.25) is 0 Å². The molecule has 0 aliphatic heterocycles. The number of hydrogen-bond acceptors (Lipinski definition) is 1. The summed E-state index contributed by atoms with van der Waals surface area (Å²) in [6.07, 6.45) is 6.23. The van der Waals surface area contributed by atoms with E-state index in [0.29, 0.717) is 0 Å². The number of aromatic nitrogens is 1. The van der Waals surface area contributed by atoms with Gasteiger partial charge in [0.05, 0.1) is 12.0 Å². The maximum Gasteiger partial charge on any atom is 0.204 e. The van der Waals surface area contributed by atoms with Crippen molar-refractivity contribution < 1.29 is 4.73 Å². The molecule has 0 aromatic carbocycles. The summed E-state index contributed by atoms with van der Waals surface area (Å²) in [5.74, 6) is 0. The van der Waals surface area contributed by atoms with Crippen LogP contribution in [0, 0.1) is 5.21 Å². The van der Waals surface area contributed by atoms with E-state index in [1.54, 1.807) is 6.07 Å². The average molecular weight is 212 g/mol. The molecule has 56 valence electrons. The van der Waals surface area contributed by atoms with Crippen LogP contribution in [0.4, 0.5) is 0 Å². The minimum Gasteiger partial charge on any atom is -0.618 e. The summed E-state index contributed by atoms with van der Waals surface area (Å²) in [5.41, 5.74) is 1.85. The smallest absolute Gasteiger partial charge is 0.204 e. The molecule has 0 saturated heterocycles. The average Bonchev–Trinajstić information content (AvgIpc) is 2.45. The highest BCUT2D eigenvalue weighted by Gasteiger charge is 2.16. The third kappa shape index (κ3) is 0.959. The van der Waals surface area contributed by atoms with Gasteiger partial charge in [0, 0.05) is 10.5 Å². The number of pyridine rings is 1. The molecule has 0 spiro atoms. The van der Waals surface area contributed by atoms with Crippen LogP contribution in [0.2, 0.25) is 0 Å². The van der Waals surface area contributed by atoms with Crippen molar-refractivity contribution in [3.8, 4) is 0 Å². The largest absolute Gasteiger partial charge is 0.618 e. The monoisotopic (exact) mass is 211 g/mol. The van der Waals surface area contributed by atoms with Crippen molar-refractivity contribution in [2.24, 2.45) is 0 Å². The van der Waals surface area contributed by atoms with Crippen LogP contribution in [0.5, 0.6) is 0 Å². The fraction of sp³-hybridized carbons (Fsp3) is 0.125. The Morgan fingerprint density at radius 2 is 2.36 bits per heavy atom. The van der Waals surface area contributed by atoms with E-state index in [4.69, 9.17) is 0 Å². The molecule has 0 unspecified atom stereocenters. The van der Waals surface area contributed by atoms with Gasteiger partial charge < -0.3 is 5.21 Å². The van der Waals surface area contributed by atoms with Crippen molar-refractivity contribution in [2.75, 3.05) is 0 Å². The zero-order valence-electron chi connectivity index (χ0n) is 5.75. The van der Waals surface area contributed by atoms with Crippen molar-refractivity contribution in [1.82, 2.24) is 0 Å². The molecule has 11 heavy (non-hydrogen) atoms. The van der Waals surface area contributed by atoms with E-state index in [1.165, 1.54) is 6.20 Å². The predicted molar refractivity (Wildman–Crippen MR) is 45.8 cm³/mol. The van der Waals surface area contributed by atoms with Gasteiger partial charge in [-0.15, -0.1) is 0 Å². The Morgan fingerprint density at radius 3 is 3.09 bits per heavy atom. The summed E-state index contributed by atoms with van der Waals surface area (Å²) in [4.78, 5) is 0. The molecular weight excluding hydrogens is 206 g/mol. The van der Waals surface area contributed by atoms with E-state index in [1.807, 2.05) is 12.2 Å². The second-order valence-corrected chi connectivity index (χ2v) is 3.31. The zero-order chi connectivity index (χ0) is 7.84. The first-order valence-corrected chi connectivity index (χ1v) is 4.15. The summed E-state index contributed by atoms with van der Waals surface area (Å²) in [5, 5.41) is 11.1. The Bertz CT molecular complexity index is 333. The van der Waals surface area contributed by atoms with Crippen LogP contribution in [0.15, 0.2) is 22.8 Å². The second-order valence-electron chi connectivity index (χ2n) is 2.46. The molecule has 0 atom stereocenters. The summed E-state index contributed by atoms with van der Waals surface area (Å²) in [6, 6.07) is 1.77. The zero-order valence-corrected chi connectivity index (χ0v) is 7.34. The first kappa shape index (κ1) is 6.85. The van der Waals surface area contributed by atoms with Gasteiger partial charge in [-0.05, 0) is 15.9 Å². The molecule has 0 saturated carbocycles. The first-order chi connectivity index (χ1) is 5.29.